The molecule has 70 valence electrons. The highest BCUT2D eigenvalue weighted by atomic mass is 16.2. The van der Waals surface area contributed by atoms with Crippen LogP contribution < -0.4 is 5.32 Å². The molecule has 1 fully saturated rings. The highest BCUT2D eigenvalue weighted by Gasteiger charge is 2.35. The maximum absolute atomic E-state index is 11.7. The minimum absolute atomic E-state index is 0.165. The number of carbonyl (C=O) groups excluding carboxylic acids is 1. The maximum Gasteiger partial charge on any atom is 0.229 e. The van der Waals surface area contributed by atoms with Crippen LogP contribution in [-0.2, 0) is 4.79 Å². The van der Waals surface area contributed by atoms with E-state index in [1.54, 1.807) is 4.90 Å². The van der Waals surface area contributed by atoms with Crippen molar-refractivity contribution in [2.75, 3.05) is 27.2 Å². The molecule has 0 aliphatic carbocycles. The van der Waals surface area contributed by atoms with Crippen LogP contribution in [0.2, 0.25) is 0 Å². The van der Waals surface area contributed by atoms with Gasteiger partial charge in [-0.05, 0) is 26.3 Å². The summed E-state index contributed by atoms with van der Waals surface area (Å²) in [5.74, 6) is 0.245. The fraction of sp³-hybridized carbons (Fsp3) is 0.889. The summed E-state index contributed by atoms with van der Waals surface area (Å²) in [6.45, 7) is 3.92. The predicted octanol–water partition coefficient (Wildman–Crippen LogP) is 0.464. The summed E-state index contributed by atoms with van der Waals surface area (Å²) in [6, 6.07) is 0. The van der Waals surface area contributed by atoms with Crippen LogP contribution in [0.3, 0.4) is 0 Å². The standard InChI is InChI=1S/C9H18N2O/c1-9(8(12)11(2)3)5-4-6-10-7-9/h10H,4-7H2,1-3H3. The summed E-state index contributed by atoms with van der Waals surface area (Å²) in [5, 5.41) is 3.26. The number of nitrogens with one attached hydrogen (secondary N) is 1. The zero-order valence-corrected chi connectivity index (χ0v) is 8.18. The van der Waals surface area contributed by atoms with E-state index in [0.29, 0.717) is 0 Å². The van der Waals surface area contributed by atoms with E-state index in [4.69, 9.17) is 0 Å². The molecule has 0 spiro atoms. The van der Waals surface area contributed by atoms with Crippen molar-refractivity contribution in [3.8, 4) is 0 Å². The quantitative estimate of drug-likeness (QED) is 0.620. The van der Waals surface area contributed by atoms with Gasteiger partial charge in [0.2, 0.25) is 5.91 Å². The van der Waals surface area contributed by atoms with Crippen molar-refractivity contribution in [2.45, 2.75) is 19.8 Å². The molecule has 0 aromatic rings. The van der Waals surface area contributed by atoms with E-state index in [-0.39, 0.29) is 11.3 Å². The Hall–Kier alpha value is -0.570. The number of amides is 1. The topological polar surface area (TPSA) is 32.3 Å². The highest BCUT2D eigenvalue weighted by Crippen LogP contribution is 2.26. The van der Waals surface area contributed by atoms with E-state index in [0.717, 1.165) is 25.9 Å². The van der Waals surface area contributed by atoms with Gasteiger partial charge < -0.3 is 10.2 Å². The van der Waals surface area contributed by atoms with Crippen molar-refractivity contribution in [2.24, 2.45) is 5.41 Å². The summed E-state index contributed by atoms with van der Waals surface area (Å²) in [4.78, 5) is 13.4. The Morgan fingerprint density at radius 3 is 2.58 bits per heavy atom. The lowest BCUT2D eigenvalue weighted by molar-refractivity contribution is -0.139. The van der Waals surface area contributed by atoms with Gasteiger partial charge in [0.05, 0.1) is 5.41 Å². The van der Waals surface area contributed by atoms with Gasteiger partial charge in [0, 0.05) is 20.6 Å². The van der Waals surface area contributed by atoms with E-state index in [9.17, 15) is 4.79 Å². The maximum atomic E-state index is 11.7. The summed E-state index contributed by atoms with van der Waals surface area (Å²) in [5.41, 5.74) is -0.165. The molecule has 1 N–H and O–H groups in total. The van der Waals surface area contributed by atoms with Crippen LogP contribution in [-0.4, -0.2) is 38.0 Å². The van der Waals surface area contributed by atoms with Gasteiger partial charge in [-0.3, -0.25) is 4.79 Å². The molecule has 3 nitrogen and oxygen atoms in total. The van der Waals surface area contributed by atoms with Crippen LogP contribution >= 0.6 is 0 Å². The van der Waals surface area contributed by atoms with Crippen molar-refractivity contribution >= 4 is 5.91 Å². The second kappa shape index (κ2) is 3.44. The van der Waals surface area contributed by atoms with Crippen LogP contribution in [0.15, 0.2) is 0 Å². The van der Waals surface area contributed by atoms with Crippen LogP contribution in [0.5, 0.6) is 0 Å². The van der Waals surface area contributed by atoms with Gasteiger partial charge >= 0.3 is 0 Å². The number of hydrogen-bond donors (Lipinski definition) is 1. The van der Waals surface area contributed by atoms with Gasteiger partial charge in [0.1, 0.15) is 0 Å². The van der Waals surface area contributed by atoms with E-state index < -0.39 is 0 Å². The van der Waals surface area contributed by atoms with Crippen molar-refractivity contribution in [3.63, 3.8) is 0 Å². The molecule has 0 aromatic heterocycles. The monoisotopic (exact) mass is 170 g/mol. The zero-order valence-electron chi connectivity index (χ0n) is 8.18. The van der Waals surface area contributed by atoms with Gasteiger partial charge in [0.25, 0.3) is 0 Å². The first-order valence-electron chi connectivity index (χ1n) is 4.49. The smallest absolute Gasteiger partial charge is 0.229 e. The second-order valence-corrected chi connectivity index (χ2v) is 4.04. The number of carbonyl (C=O) groups is 1. The molecule has 12 heavy (non-hydrogen) atoms. The van der Waals surface area contributed by atoms with Crippen LogP contribution in [0.4, 0.5) is 0 Å². The van der Waals surface area contributed by atoms with Crippen LogP contribution in [0, 0.1) is 5.41 Å². The molecule has 0 aromatic carbocycles. The average Bonchev–Trinajstić information content (AvgIpc) is 2.04. The Bertz CT molecular complexity index is 171. The molecule has 0 bridgehead atoms. The fourth-order valence-electron chi connectivity index (χ4n) is 1.78. The highest BCUT2D eigenvalue weighted by molar-refractivity contribution is 5.82. The number of nitrogens with zero attached hydrogens (tertiary/aromatic N) is 1. The third-order valence-corrected chi connectivity index (χ3v) is 2.52. The molecule has 1 saturated heterocycles. The third kappa shape index (κ3) is 1.78. The van der Waals surface area contributed by atoms with E-state index in [2.05, 4.69) is 5.32 Å². The zero-order chi connectivity index (χ0) is 9.19. The van der Waals surface area contributed by atoms with Crippen LogP contribution in [0.25, 0.3) is 0 Å². The van der Waals surface area contributed by atoms with E-state index >= 15 is 0 Å². The lowest BCUT2D eigenvalue weighted by Gasteiger charge is -2.34. The summed E-state index contributed by atoms with van der Waals surface area (Å²) in [6.07, 6.45) is 2.12. The molecule has 1 heterocycles. The molecule has 1 amide bonds. The van der Waals surface area contributed by atoms with Crippen molar-refractivity contribution in [3.05, 3.63) is 0 Å². The first-order valence-corrected chi connectivity index (χ1v) is 4.49. The fourth-order valence-corrected chi connectivity index (χ4v) is 1.78. The van der Waals surface area contributed by atoms with Crippen molar-refractivity contribution < 1.29 is 4.79 Å². The molecule has 1 atom stereocenters. The second-order valence-electron chi connectivity index (χ2n) is 4.04. The first-order chi connectivity index (χ1) is 5.56. The number of rotatable bonds is 1. The Kier molecular flexibility index (Phi) is 2.73. The molecule has 3 heteroatoms. The first kappa shape index (κ1) is 9.52. The molecule has 0 saturated carbocycles. The molecule has 1 unspecified atom stereocenters. The van der Waals surface area contributed by atoms with Crippen molar-refractivity contribution in [1.82, 2.24) is 10.2 Å². The van der Waals surface area contributed by atoms with Gasteiger partial charge in [-0.2, -0.15) is 0 Å². The van der Waals surface area contributed by atoms with Gasteiger partial charge in [-0.25, -0.2) is 0 Å². The predicted molar refractivity (Wildman–Crippen MR) is 48.9 cm³/mol. The summed E-state index contributed by atoms with van der Waals surface area (Å²) >= 11 is 0. The van der Waals surface area contributed by atoms with E-state index in [1.807, 2.05) is 21.0 Å². The number of piperidine rings is 1. The lowest BCUT2D eigenvalue weighted by atomic mass is 9.81. The van der Waals surface area contributed by atoms with Crippen LogP contribution in [0.1, 0.15) is 19.8 Å². The molecular weight excluding hydrogens is 152 g/mol. The van der Waals surface area contributed by atoms with Gasteiger partial charge in [0.15, 0.2) is 0 Å². The summed E-state index contributed by atoms with van der Waals surface area (Å²) < 4.78 is 0. The molecule has 0 radical (unpaired) electrons. The molecule has 1 aliphatic heterocycles. The van der Waals surface area contributed by atoms with E-state index in [1.165, 1.54) is 0 Å². The van der Waals surface area contributed by atoms with Gasteiger partial charge in [-0.15, -0.1) is 0 Å². The lowest BCUT2D eigenvalue weighted by Crippen LogP contribution is -2.48. The molecule has 1 aliphatic rings. The third-order valence-electron chi connectivity index (χ3n) is 2.52. The average molecular weight is 170 g/mol. The normalized spacial score (nSPS) is 29.9. The summed E-state index contributed by atoms with van der Waals surface area (Å²) in [7, 11) is 3.64. The number of hydrogen-bond acceptors (Lipinski definition) is 2. The Balaban J connectivity index is 2.62. The SMILES string of the molecule is CN(C)C(=O)C1(C)CCCNC1. The Morgan fingerprint density at radius 1 is 1.50 bits per heavy atom. The minimum Gasteiger partial charge on any atom is -0.348 e. The largest absolute Gasteiger partial charge is 0.348 e. The minimum atomic E-state index is -0.165. The Morgan fingerprint density at radius 2 is 2.17 bits per heavy atom. The van der Waals surface area contributed by atoms with Crippen molar-refractivity contribution in [1.29, 1.82) is 0 Å². The molecular formula is C9H18N2O. The molecule has 1 rings (SSSR count). The van der Waals surface area contributed by atoms with Gasteiger partial charge in [-0.1, -0.05) is 0 Å². The Labute approximate surface area is 74.1 Å².